The van der Waals surface area contributed by atoms with Gasteiger partial charge in [-0.05, 0) is 61.1 Å². The zero-order chi connectivity index (χ0) is 27.3. The van der Waals surface area contributed by atoms with Crippen LogP contribution in [0.5, 0.6) is 0 Å². The van der Waals surface area contributed by atoms with Crippen molar-refractivity contribution in [3.8, 4) is 11.1 Å². The summed E-state index contributed by atoms with van der Waals surface area (Å²) in [7, 11) is 0. The van der Waals surface area contributed by atoms with Gasteiger partial charge in [0.25, 0.3) is 0 Å². The Labute approximate surface area is 238 Å². The topological polar surface area (TPSA) is 18.5 Å². The van der Waals surface area contributed by atoms with Gasteiger partial charge in [-0.15, -0.1) is 0 Å². The van der Waals surface area contributed by atoms with E-state index in [-0.39, 0.29) is 12.1 Å². The maximum absolute atomic E-state index is 15.3. The molecule has 1 aliphatic heterocycles. The van der Waals surface area contributed by atoms with Crippen molar-refractivity contribution in [3.63, 3.8) is 0 Å². The van der Waals surface area contributed by atoms with Crippen LogP contribution in [-0.2, 0) is 9.47 Å². The van der Waals surface area contributed by atoms with E-state index in [0.29, 0.717) is 17.4 Å². The maximum atomic E-state index is 15.3. The molecule has 2 aromatic carbocycles. The summed E-state index contributed by atoms with van der Waals surface area (Å²) in [4.78, 5) is 0. The molecule has 0 amide bonds. The van der Waals surface area contributed by atoms with Crippen LogP contribution < -0.4 is 0 Å². The van der Waals surface area contributed by atoms with Crippen molar-refractivity contribution in [2.75, 3.05) is 13.2 Å². The van der Waals surface area contributed by atoms with Gasteiger partial charge in [0.05, 0.1) is 13.2 Å². The molecule has 0 spiro atoms. The summed E-state index contributed by atoms with van der Waals surface area (Å²) in [6.07, 6.45) is 20.7. The first-order valence-electron chi connectivity index (χ1n) is 16.3. The summed E-state index contributed by atoms with van der Waals surface area (Å²) >= 11 is 0. The number of rotatable bonds is 15. The van der Waals surface area contributed by atoms with Crippen LogP contribution in [0.15, 0.2) is 42.5 Å². The molecule has 1 saturated carbocycles. The molecule has 4 rings (SSSR count). The molecule has 0 radical (unpaired) electrons. The van der Waals surface area contributed by atoms with Crippen molar-refractivity contribution < 1.29 is 13.9 Å². The van der Waals surface area contributed by atoms with Gasteiger partial charge < -0.3 is 9.47 Å². The van der Waals surface area contributed by atoms with E-state index in [4.69, 9.17) is 9.47 Å². The normalized spacial score (nSPS) is 23.7. The second kappa shape index (κ2) is 16.5. The monoisotopic (exact) mass is 536 g/mol. The zero-order valence-electron chi connectivity index (χ0n) is 24.8. The first-order chi connectivity index (χ1) is 19.2. The third kappa shape index (κ3) is 9.42. The van der Waals surface area contributed by atoms with Gasteiger partial charge >= 0.3 is 0 Å². The number of halogens is 1. The molecule has 39 heavy (non-hydrogen) atoms. The zero-order valence-corrected chi connectivity index (χ0v) is 24.8. The Bertz CT molecular complexity index is 939. The Kier molecular flexibility index (Phi) is 12.8. The number of unbranched alkanes of at least 4 members (excludes halogenated alkanes) is 8. The van der Waals surface area contributed by atoms with Crippen LogP contribution >= 0.6 is 0 Å². The Morgan fingerprint density at radius 3 is 1.79 bits per heavy atom. The minimum absolute atomic E-state index is 0.106. The predicted molar refractivity (Wildman–Crippen MR) is 161 cm³/mol. The molecule has 2 aliphatic rings. The molecular weight excluding hydrogens is 483 g/mol. The second-order valence-electron chi connectivity index (χ2n) is 12.3. The van der Waals surface area contributed by atoms with Gasteiger partial charge in [-0.1, -0.05) is 121 Å². The van der Waals surface area contributed by atoms with E-state index in [1.807, 2.05) is 30.3 Å². The maximum Gasteiger partial charge on any atom is 0.183 e. The summed E-state index contributed by atoms with van der Waals surface area (Å²) in [5.74, 6) is 1.78. The van der Waals surface area contributed by atoms with E-state index in [1.165, 1.54) is 108 Å². The quantitative estimate of drug-likeness (QED) is 0.211. The molecule has 1 heterocycles. The fourth-order valence-electron chi connectivity index (χ4n) is 6.60. The largest absolute Gasteiger partial charge is 0.348 e. The van der Waals surface area contributed by atoms with E-state index in [0.717, 1.165) is 30.3 Å². The molecule has 0 aromatic heterocycles. The van der Waals surface area contributed by atoms with Crippen LogP contribution in [-0.4, -0.2) is 13.2 Å². The van der Waals surface area contributed by atoms with Crippen molar-refractivity contribution >= 4 is 0 Å². The van der Waals surface area contributed by atoms with Gasteiger partial charge in [0.1, 0.15) is 5.82 Å². The van der Waals surface area contributed by atoms with Crippen LogP contribution in [0.25, 0.3) is 11.1 Å². The molecule has 0 bridgehead atoms. The van der Waals surface area contributed by atoms with Crippen molar-refractivity contribution in [1.82, 2.24) is 0 Å². The first kappa shape index (κ1) is 30.3. The summed E-state index contributed by atoms with van der Waals surface area (Å²) < 4.78 is 27.4. The highest BCUT2D eigenvalue weighted by atomic mass is 19.1. The van der Waals surface area contributed by atoms with Crippen molar-refractivity contribution in [2.24, 2.45) is 11.8 Å². The lowest BCUT2D eigenvalue weighted by atomic mass is 9.77. The third-order valence-corrected chi connectivity index (χ3v) is 9.20. The molecule has 2 aromatic rings. The van der Waals surface area contributed by atoms with Crippen LogP contribution in [0.1, 0.15) is 140 Å². The van der Waals surface area contributed by atoms with E-state index >= 15 is 4.39 Å². The van der Waals surface area contributed by atoms with Crippen LogP contribution in [0.3, 0.4) is 0 Å². The average molecular weight is 537 g/mol. The number of ether oxygens (including phenoxy) is 2. The smallest absolute Gasteiger partial charge is 0.183 e. The standard InChI is InChI=1S/C36H53FO2/c1-3-5-7-9-11-13-28-15-17-30(18-16-28)33-23-24-34(35(37)25-33)31-19-21-32(22-20-31)36-38-26-29(27-39-36)14-12-10-8-6-4-2/h19-25,28-30,36H,3-18,26-27H2,1-2H3/t28-,29?,30-,36?. The van der Waals surface area contributed by atoms with E-state index in [2.05, 4.69) is 19.9 Å². The van der Waals surface area contributed by atoms with Crippen molar-refractivity contribution in [2.45, 2.75) is 129 Å². The second-order valence-corrected chi connectivity index (χ2v) is 12.3. The SMILES string of the molecule is CCCCCCCC1COC(c2ccc(-c3ccc([C@H]4CC[C@H](CCCCCCC)CC4)cc3F)cc2)OC1. The minimum Gasteiger partial charge on any atom is -0.348 e. The molecule has 2 fully saturated rings. The number of hydrogen-bond donors (Lipinski definition) is 0. The molecule has 1 aliphatic carbocycles. The highest BCUT2D eigenvalue weighted by molar-refractivity contribution is 5.65. The molecular formula is C36H53FO2. The molecule has 1 saturated heterocycles. The van der Waals surface area contributed by atoms with Gasteiger partial charge in [0.2, 0.25) is 0 Å². The molecule has 0 unspecified atom stereocenters. The molecule has 0 atom stereocenters. The highest BCUT2D eigenvalue weighted by Gasteiger charge is 2.25. The van der Waals surface area contributed by atoms with Gasteiger partial charge in [-0.2, -0.15) is 0 Å². The lowest BCUT2D eigenvalue weighted by Gasteiger charge is -2.30. The van der Waals surface area contributed by atoms with Gasteiger partial charge in [-0.25, -0.2) is 4.39 Å². The van der Waals surface area contributed by atoms with Crippen molar-refractivity contribution in [1.29, 1.82) is 0 Å². The fraction of sp³-hybridized carbons (Fsp3) is 0.667. The summed E-state index contributed by atoms with van der Waals surface area (Å²) in [5, 5.41) is 0. The number of hydrogen-bond acceptors (Lipinski definition) is 2. The van der Waals surface area contributed by atoms with Gasteiger partial charge in [-0.3, -0.25) is 0 Å². The Morgan fingerprint density at radius 1 is 0.641 bits per heavy atom. The highest BCUT2D eigenvalue weighted by Crippen LogP contribution is 2.39. The molecule has 2 nitrogen and oxygen atoms in total. The predicted octanol–water partition coefficient (Wildman–Crippen LogP) is 11.1. The molecule has 0 N–H and O–H groups in total. The van der Waals surface area contributed by atoms with E-state index in [9.17, 15) is 0 Å². The lowest BCUT2D eigenvalue weighted by Crippen LogP contribution is -2.27. The Balaban J connectivity index is 1.22. The van der Waals surface area contributed by atoms with E-state index in [1.54, 1.807) is 6.07 Å². The summed E-state index contributed by atoms with van der Waals surface area (Å²) in [5.41, 5.74) is 3.78. The van der Waals surface area contributed by atoms with Gasteiger partial charge in [0, 0.05) is 17.0 Å². The van der Waals surface area contributed by atoms with Crippen LogP contribution in [0.4, 0.5) is 4.39 Å². The lowest BCUT2D eigenvalue weighted by molar-refractivity contribution is -0.206. The number of benzene rings is 2. The van der Waals surface area contributed by atoms with Crippen LogP contribution in [0, 0.1) is 17.7 Å². The molecule has 216 valence electrons. The van der Waals surface area contributed by atoms with Crippen molar-refractivity contribution in [3.05, 3.63) is 59.4 Å². The molecule has 3 heteroatoms. The Hall–Kier alpha value is -1.71. The fourth-order valence-corrected chi connectivity index (χ4v) is 6.60. The summed E-state index contributed by atoms with van der Waals surface area (Å²) in [6.45, 7) is 6.05. The Morgan fingerprint density at radius 2 is 1.21 bits per heavy atom. The van der Waals surface area contributed by atoms with Crippen LogP contribution in [0.2, 0.25) is 0 Å². The first-order valence-corrected chi connectivity index (χ1v) is 16.3. The average Bonchev–Trinajstić information content (AvgIpc) is 2.98. The van der Waals surface area contributed by atoms with E-state index < -0.39 is 0 Å². The van der Waals surface area contributed by atoms with Gasteiger partial charge in [0.15, 0.2) is 6.29 Å². The third-order valence-electron chi connectivity index (χ3n) is 9.20. The summed E-state index contributed by atoms with van der Waals surface area (Å²) in [6, 6.07) is 14.0. The minimum atomic E-state index is -0.311.